The SMILES string of the molecule is CC1(P)CCN(c2nccc(-c3ccccc3F)c2NC(=O)c2cnc(C3CCCO3)nc2)C1. The summed E-state index contributed by atoms with van der Waals surface area (Å²) in [5.41, 5.74) is 1.77. The third kappa shape index (κ3) is 4.65. The highest BCUT2D eigenvalue weighted by molar-refractivity contribution is 7.19. The van der Waals surface area contributed by atoms with E-state index in [4.69, 9.17) is 4.74 Å². The number of ether oxygens (including phenoxy) is 1. The number of nitrogens with zero attached hydrogens (tertiary/aromatic N) is 4. The van der Waals surface area contributed by atoms with Crippen molar-refractivity contribution in [2.45, 2.75) is 37.4 Å². The summed E-state index contributed by atoms with van der Waals surface area (Å²) < 4.78 is 20.4. The van der Waals surface area contributed by atoms with E-state index in [2.05, 4.69) is 41.3 Å². The maximum atomic E-state index is 14.8. The molecule has 5 rings (SSSR count). The Kier molecular flexibility index (Phi) is 6.28. The van der Waals surface area contributed by atoms with Crippen LogP contribution in [-0.2, 0) is 4.74 Å². The van der Waals surface area contributed by atoms with Gasteiger partial charge in [0.25, 0.3) is 5.91 Å². The van der Waals surface area contributed by atoms with Crippen LogP contribution in [0.3, 0.4) is 0 Å². The molecule has 1 aromatic carbocycles. The Morgan fingerprint density at radius 1 is 1.21 bits per heavy atom. The number of carbonyl (C=O) groups excluding carboxylic acids is 1. The topological polar surface area (TPSA) is 80.2 Å². The molecule has 176 valence electrons. The van der Waals surface area contributed by atoms with Crippen molar-refractivity contribution < 1.29 is 13.9 Å². The number of hydrogen-bond acceptors (Lipinski definition) is 6. The van der Waals surface area contributed by atoms with Crippen molar-refractivity contribution in [3.63, 3.8) is 0 Å². The van der Waals surface area contributed by atoms with Crippen molar-refractivity contribution in [3.8, 4) is 11.1 Å². The van der Waals surface area contributed by atoms with Crippen LogP contribution in [0.15, 0.2) is 48.9 Å². The van der Waals surface area contributed by atoms with E-state index in [0.717, 1.165) is 32.4 Å². The number of pyridine rings is 1. The largest absolute Gasteiger partial charge is 0.370 e. The zero-order valence-electron chi connectivity index (χ0n) is 19.0. The first-order valence-corrected chi connectivity index (χ1v) is 12.0. The second kappa shape index (κ2) is 9.35. The molecule has 2 aliphatic rings. The van der Waals surface area contributed by atoms with Gasteiger partial charge in [0.2, 0.25) is 0 Å². The normalized spacial score (nSPS) is 22.2. The third-order valence-corrected chi connectivity index (χ3v) is 6.76. The van der Waals surface area contributed by atoms with Gasteiger partial charge in [-0.05, 0) is 31.4 Å². The van der Waals surface area contributed by atoms with E-state index in [0.29, 0.717) is 40.6 Å². The highest BCUT2D eigenvalue weighted by Crippen LogP contribution is 2.40. The van der Waals surface area contributed by atoms with Crippen LogP contribution in [0.5, 0.6) is 0 Å². The molecule has 34 heavy (non-hydrogen) atoms. The van der Waals surface area contributed by atoms with Gasteiger partial charge in [-0.1, -0.05) is 25.1 Å². The van der Waals surface area contributed by atoms with Gasteiger partial charge in [-0.15, -0.1) is 9.24 Å². The number of nitrogens with one attached hydrogen (secondary N) is 1. The molecular weight excluding hydrogens is 452 g/mol. The standard InChI is InChI=1S/C25H27FN5O2P/c1-25(34)9-11-31(15-25)23-21(18(8-10-27-23)17-5-2-3-6-19(17)26)30-24(32)16-13-28-22(29-14-16)20-7-4-12-33-20/h2-3,5-6,8,10,13-14,20H,4,7,9,11-12,15,34H2,1H3,(H,30,32). The summed E-state index contributed by atoms with van der Waals surface area (Å²) in [6.45, 7) is 4.41. The minimum atomic E-state index is -0.376. The molecule has 3 aromatic rings. The van der Waals surface area contributed by atoms with Crippen LogP contribution in [0.1, 0.15) is 48.5 Å². The quantitative estimate of drug-likeness (QED) is 0.538. The Morgan fingerprint density at radius 2 is 2.00 bits per heavy atom. The first-order valence-electron chi connectivity index (χ1n) is 11.4. The summed E-state index contributed by atoms with van der Waals surface area (Å²) in [4.78, 5) is 28.7. The number of halogens is 1. The Bertz CT molecular complexity index is 1200. The molecule has 1 N–H and O–H groups in total. The van der Waals surface area contributed by atoms with Gasteiger partial charge in [0, 0.05) is 54.6 Å². The lowest BCUT2D eigenvalue weighted by Gasteiger charge is -2.24. The van der Waals surface area contributed by atoms with Gasteiger partial charge in [-0.3, -0.25) is 4.79 Å². The van der Waals surface area contributed by atoms with Gasteiger partial charge < -0.3 is 15.0 Å². The Hall–Kier alpha value is -2.96. The lowest BCUT2D eigenvalue weighted by Crippen LogP contribution is -2.27. The van der Waals surface area contributed by atoms with E-state index in [1.807, 2.05) is 0 Å². The number of aromatic nitrogens is 3. The molecule has 7 nitrogen and oxygen atoms in total. The van der Waals surface area contributed by atoms with Gasteiger partial charge in [-0.2, -0.15) is 0 Å². The molecule has 2 aliphatic heterocycles. The third-order valence-electron chi connectivity index (χ3n) is 6.29. The molecule has 0 aliphatic carbocycles. The fourth-order valence-corrected chi connectivity index (χ4v) is 4.82. The Morgan fingerprint density at radius 3 is 2.68 bits per heavy atom. The fourth-order valence-electron chi connectivity index (χ4n) is 4.47. The number of anilines is 2. The summed E-state index contributed by atoms with van der Waals surface area (Å²) in [6, 6.07) is 8.26. The van der Waals surface area contributed by atoms with E-state index in [9.17, 15) is 9.18 Å². The first-order chi connectivity index (χ1) is 16.4. The summed E-state index contributed by atoms with van der Waals surface area (Å²) in [7, 11) is 2.90. The monoisotopic (exact) mass is 479 g/mol. The number of rotatable bonds is 5. The number of amides is 1. The lowest BCUT2D eigenvalue weighted by molar-refractivity contribution is 0.101. The molecule has 3 atom stereocenters. The van der Waals surface area contributed by atoms with Crippen molar-refractivity contribution in [1.82, 2.24) is 15.0 Å². The molecule has 2 saturated heterocycles. The van der Waals surface area contributed by atoms with E-state index in [-0.39, 0.29) is 23.0 Å². The second-order valence-electron chi connectivity index (χ2n) is 9.15. The number of hydrogen-bond donors (Lipinski definition) is 1. The van der Waals surface area contributed by atoms with E-state index < -0.39 is 0 Å². The summed E-state index contributed by atoms with van der Waals surface area (Å²) in [6.07, 6.45) is 7.37. The predicted octanol–water partition coefficient (Wildman–Crippen LogP) is 4.63. The van der Waals surface area contributed by atoms with Gasteiger partial charge >= 0.3 is 0 Å². The van der Waals surface area contributed by atoms with Gasteiger partial charge in [0.1, 0.15) is 11.9 Å². The summed E-state index contributed by atoms with van der Waals surface area (Å²) >= 11 is 0. The molecule has 9 heteroatoms. The number of benzene rings is 1. The van der Waals surface area contributed by atoms with Crippen molar-refractivity contribution in [2.75, 3.05) is 29.9 Å². The van der Waals surface area contributed by atoms with Crippen LogP contribution in [-0.4, -0.2) is 45.7 Å². The lowest BCUT2D eigenvalue weighted by atomic mass is 10.0. The molecule has 3 unspecified atom stereocenters. The van der Waals surface area contributed by atoms with Crippen molar-refractivity contribution in [1.29, 1.82) is 0 Å². The average molecular weight is 479 g/mol. The van der Waals surface area contributed by atoms with Crippen LogP contribution >= 0.6 is 9.24 Å². The maximum Gasteiger partial charge on any atom is 0.258 e. The first kappa shape index (κ1) is 22.8. The maximum absolute atomic E-state index is 14.8. The minimum Gasteiger partial charge on any atom is -0.370 e. The minimum absolute atomic E-state index is 0.0446. The smallest absolute Gasteiger partial charge is 0.258 e. The molecule has 4 heterocycles. The van der Waals surface area contributed by atoms with Crippen LogP contribution < -0.4 is 10.2 Å². The highest BCUT2D eigenvalue weighted by atomic mass is 31.0. The van der Waals surface area contributed by atoms with Crippen molar-refractivity contribution >= 4 is 26.7 Å². The molecule has 0 saturated carbocycles. The van der Waals surface area contributed by atoms with Crippen LogP contribution in [0, 0.1) is 5.82 Å². The van der Waals surface area contributed by atoms with E-state index in [1.54, 1.807) is 30.5 Å². The molecule has 2 fully saturated rings. The van der Waals surface area contributed by atoms with Crippen LogP contribution in [0.2, 0.25) is 0 Å². The Labute approximate surface area is 200 Å². The van der Waals surface area contributed by atoms with Gasteiger partial charge in [0.05, 0.1) is 11.3 Å². The highest BCUT2D eigenvalue weighted by Gasteiger charge is 2.32. The van der Waals surface area contributed by atoms with Gasteiger partial charge in [0.15, 0.2) is 11.6 Å². The van der Waals surface area contributed by atoms with E-state index >= 15 is 0 Å². The number of carbonyl (C=O) groups is 1. The molecule has 1 amide bonds. The molecule has 2 aromatic heterocycles. The van der Waals surface area contributed by atoms with Gasteiger partial charge in [-0.25, -0.2) is 19.3 Å². The molecule has 0 spiro atoms. The van der Waals surface area contributed by atoms with Crippen LogP contribution in [0.4, 0.5) is 15.9 Å². The van der Waals surface area contributed by atoms with Crippen molar-refractivity contribution in [3.05, 3.63) is 66.1 Å². The predicted molar refractivity (Wildman–Crippen MR) is 132 cm³/mol. The van der Waals surface area contributed by atoms with Crippen molar-refractivity contribution in [2.24, 2.45) is 0 Å². The average Bonchev–Trinajstić information content (AvgIpc) is 3.49. The zero-order chi connectivity index (χ0) is 23.7. The Balaban J connectivity index is 1.49. The summed E-state index contributed by atoms with van der Waals surface area (Å²) in [5, 5.41) is 3.03. The second-order valence-corrected chi connectivity index (χ2v) is 10.5. The van der Waals surface area contributed by atoms with Crippen LogP contribution in [0.25, 0.3) is 11.1 Å². The molecule has 0 bridgehead atoms. The fraction of sp³-hybridized carbons (Fsp3) is 0.360. The zero-order valence-corrected chi connectivity index (χ0v) is 20.2. The molecular formula is C25H27FN5O2P. The molecule has 0 radical (unpaired) electrons. The van der Waals surface area contributed by atoms with E-state index in [1.165, 1.54) is 18.5 Å². The summed E-state index contributed by atoms with van der Waals surface area (Å²) in [5.74, 6) is 0.465.